The third kappa shape index (κ3) is 7.55. The van der Waals surface area contributed by atoms with Crippen molar-refractivity contribution in [3.63, 3.8) is 0 Å². The number of rotatable bonds is 8. The van der Waals surface area contributed by atoms with Crippen LogP contribution in [0, 0.1) is 29.5 Å². The van der Waals surface area contributed by atoms with Crippen molar-refractivity contribution >= 4 is 35.1 Å². The van der Waals surface area contributed by atoms with Crippen molar-refractivity contribution in [2.45, 2.75) is 49.5 Å². The number of benzene rings is 1. The molecule has 31 heavy (non-hydrogen) atoms. The van der Waals surface area contributed by atoms with Crippen LogP contribution in [0.15, 0.2) is 47.5 Å². The maximum atomic E-state index is 13.2. The normalized spacial score (nSPS) is 23.7. The van der Waals surface area contributed by atoms with Crippen LogP contribution in [0.25, 0.3) is 0 Å². The standard InChI is InChI=1S/C25H27ClFNO2S/c1-17-5-7-18(8-6-17)16-28-25(30)24(31-22-4-2-3-20(26)11-14-22)15-23(29)19-9-12-21(27)13-10-19/h3,9-14,17-18,22,24H,5-8,15-16H2,1H3,(H,28,30). The Kier molecular flexibility index (Phi) is 8.80. The molecule has 0 aliphatic heterocycles. The number of thioether (sulfide) groups is 1. The molecule has 2 unspecified atom stereocenters. The van der Waals surface area contributed by atoms with Gasteiger partial charge in [-0.1, -0.05) is 49.3 Å². The fraction of sp³-hybridized carbons (Fsp3) is 0.440. The van der Waals surface area contributed by atoms with Crippen molar-refractivity contribution in [1.82, 2.24) is 5.32 Å². The molecule has 0 saturated heterocycles. The molecular weight excluding hydrogens is 433 g/mol. The Morgan fingerprint density at radius 3 is 2.65 bits per heavy atom. The van der Waals surface area contributed by atoms with E-state index in [0.717, 1.165) is 18.8 Å². The minimum Gasteiger partial charge on any atom is -0.355 e. The first-order valence-electron chi connectivity index (χ1n) is 10.7. The molecule has 0 radical (unpaired) electrons. The summed E-state index contributed by atoms with van der Waals surface area (Å²) in [5, 5.41) is 2.75. The quantitative estimate of drug-likeness (QED) is 0.412. The predicted octanol–water partition coefficient (Wildman–Crippen LogP) is 5.51. The van der Waals surface area contributed by atoms with Crippen LogP contribution in [0.3, 0.4) is 0 Å². The van der Waals surface area contributed by atoms with Crippen molar-refractivity contribution in [3.8, 4) is 11.8 Å². The molecule has 3 nitrogen and oxygen atoms in total. The molecule has 1 fully saturated rings. The van der Waals surface area contributed by atoms with Crippen LogP contribution in [0.4, 0.5) is 4.39 Å². The zero-order valence-corrected chi connectivity index (χ0v) is 19.1. The molecule has 2 atom stereocenters. The lowest BCUT2D eigenvalue weighted by Gasteiger charge is -2.27. The van der Waals surface area contributed by atoms with Crippen LogP contribution in [0.2, 0.25) is 0 Å². The van der Waals surface area contributed by atoms with E-state index in [-0.39, 0.29) is 23.4 Å². The van der Waals surface area contributed by atoms with Gasteiger partial charge in [-0.3, -0.25) is 9.59 Å². The van der Waals surface area contributed by atoms with Crippen molar-refractivity contribution in [2.24, 2.45) is 11.8 Å². The first-order valence-corrected chi connectivity index (χ1v) is 12.0. The number of amides is 1. The Morgan fingerprint density at radius 1 is 1.23 bits per heavy atom. The lowest BCUT2D eigenvalue weighted by atomic mass is 9.83. The SMILES string of the molecule is CC1CCC(CNC(=O)C(CC(=O)c2ccc(F)cc2)SC2C#CC=C(Cl)C=C2)CC1. The second-order valence-corrected chi connectivity index (χ2v) is 10.0. The summed E-state index contributed by atoms with van der Waals surface area (Å²) < 4.78 is 13.2. The highest BCUT2D eigenvalue weighted by Crippen LogP contribution is 2.29. The maximum absolute atomic E-state index is 13.2. The Hall–Kier alpha value is -2.03. The first kappa shape index (κ1) is 23.6. The number of allylic oxidation sites excluding steroid dienone is 3. The summed E-state index contributed by atoms with van der Waals surface area (Å²) in [5.74, 6) is 6.43. The van der Waals surface area contributed by atoms with E-state index in [1.165, 1.54) is 48.9 Å². The average molecular weight is 460 g/mol. The Morgan fingerprint density at radius 2 is 1.94 bits per heavy atom. The van der Waals surface area contributed by atoms with Crippen LogP contribution in [-0.4, -0.2) is 28.7 Å². The lowest BCUT2D eigenvalue weighted by molar-refractivity contribution is -0.120. The van der Waals surface area contributed by atoms with E-state index in [0.29, 0.717) is 23.1 Å². The summed E-state index contributed by atoms with van der Waals surface area (Å²) in [4.78, 5) is 25.8. The Labute approximate surface area is 192 Å². The molecular formula is C25H27ClFNO2S. The highest BCUT2D eigenvalue weighted by Gasteiger charge is 2.27. The number of Topliss-reactive ketones (excluding diaryl/α,β-unsaturated/α-hetero) is 1. The summed E-state index contributed by atoms with van der Waals surface area (Å²) in [7, 11) is 0. The number of halogens is 2. The topological polar surface area (TPSA) is 46.2 Å². The Bertz CT molecular complexity index is 908. The molecule has 1 aromatic rings. The van der Waals surface area contributed by atoms with E-state index in [1.807, 2.05) is 6.08 Å². The second kappa shape index (κ2) is 11.5. The van der Waals surface area contributed by atoms with Gasteiger partial charge in [0, 0.05) is 29.6 Å². The van der Waals surface area contributed by atoms with Gasteiger partial charge >= 0.3 is 0 Å². The van der Waals surface area contributed by atoms with Gasteiger partial charge in [-0.05, 0) is 55.0 Å². The molecule has 1 N–H and O–H groups in total. The second-order valence-electron chi connectivity index (χ2n) is 8.23. The molecule has 2 aliphatic carbocycles. The van der Waals surface area contributed by atoms with Crippen LogP contribution in [0.1, 0.15) is 49.4 Å². The number of nitrogens with one attached hydrogen (secondary N) is 1. The third-order valence-electron chi connectivity index (χ3n) is 5.71. The highest BCUT2D eigenvalue weighted by atomic mass is 35.5. The number of hydrogen-bond donors (Lipinski definition) is 1. The molecule has 2 aliphatic rings. The first-order chi connectivity index (χ1) is 14.9. The molecule has 3 rings (SSSR count). The largest absolute Gasteiger partial charge is 0.355 e. The van der Waals surface area contributed by atoms with Crippen LogP contribution in [-0.2, 0) is 4.79 Å². The van der Waals surface area contributed by atoms with Gasteiger partial charge in [0.15, 0.2) is 5.78 Å². The summed E-state index contributed by atoms with van der Waals surface area (Å²) in [5.41, 5.74) is 0.397. The van der Waals surface area contributed by atoms with Gasteiger partial charge in [0.05, 0.1) is 10.5 Å². The van der Waals surface area contributed by atoms with E-state index in [4.69, 9.17) is 11.6 Å². The number of hydrogen-bond acceptors (Lipinski definition) is 3. The lowest BCUT2D eigenvalue weighted by Crippen LogP contribution is -2.38. The molecule has 164 valence electrons. The number of carbonyl (C=O) groups excluding carboxylic acids is 2. The molecule has 1 amide bonds. The molecule has 6 heteroatoms. The zero-order chi connectivity index (χ0) is 22.2. The van der Waals surface area contributed by atoms with Crippen molar-refractivity contribution in [1.29, 1.82) is 0 Å². The van der Waals surface area contributed by atoms with Crippen LogP contribution < -0.4 is 5.32 Å². The molecule has 0 spiro atoms. The minimum absolute atomic E-state index is 0.0248. The van der Waals surface area contributed by atoms with E-state index in [9.17, 15) is 14.0 Å². The zero-order valence-electron chi connectivity index (χ0n) is 17.6. The smallest absolute Gasteiger partial charge is 0.233 e. The summed E-state index contributed by atoms with van der Waals surface area (Å²) in [6.07, 6.45) is 9.85. The van der Waals surface area contributed by atoms with Crippen LogP contribution in [0.5, 0.6) is 0 Å². The maximum Gasteiger partial charge on any atom is 0.233 e. The van der Waals surface area contributed by atoms with Crippen molar-refractivity contribution in [3.05, 3.63) is 58.9 Å². The van der Waals surface area contributed by atoms with Gasteiger partial charge in [-0.15, -0.1) is 11.8 Å². The highest BCUT2D eigenvalue weighted by molar-refractivity contribution is 8.01. The molecule has 1 aromatic carbocycles. The fourth-order valence-corrected chi connectivity index (χ4v) is 4.98. The predicted molar refractivity (Wildman–Crippen MR) is 125 cm³/mol. The van der Waals surface area contributed by atoms with Gasteiger partial charge in [0.2, 0.25) is 5.91 Å². The summed E-state index contributed by atoms with van der Waals surface area (Å²) >= 11 is 7.35. The minimum atomic E-state index is -0.596. The van der Waals surface area contributed by atoms with Crippen molar-refractivity contribution < 1.29 is 14.0 Å². The van der Waals surface area contributed by atoms with Gasteiger partial charge in [-0.25, -0.2) is 4.39 Å². The van der Waals surface area contributed by atoms with E-state index in [1.54, 1.807) is 12.2 Å². The number of ketones is 1. The summed E-state index contributed by atoms with van der Waals surface area (Å²) in [6.45, 7) is 2.90. The van der Waals surface area contributed by atoms with Gasteiger partial charge in [-0.2, -0.15) is 0 Å². The average Bonchev–Trinajstić information content (AvgIpc) is 2.97. The molecule has 0 aromatic heterocycles. The summed E-state index contributed by atoms with van der Waals surface area (Å²) in [6, 6.07) is 5.42. The van der Waals surface area contributed by atoms with Crippen molar-refractivity contribution in [2.75, 3.05) is 6.54 Å². The Balaban J connectivity index is 1.66. The molecule has 0 bridgehead atoms. The van der Waals surface area contributed by atoms with Gasteiger partial charge in [0.1, 0.15) is 5.82 Å². The van der Waals surface area contributed by atoms with Gasteiger partial charge < -0.3 is 5.32 Å². The van der Waals surface area contributed by atoms with Crippen LogP contribution >= 0.6 is 23.4 Å². The third-order valence-corrected chi connectivity index (χ3v) is 7.22. The fourth-order valence-electron chi connectivity index (χ4n) is 3.74. The van der Waals surface area contributed by atoms with E-state index >= 15 is 0 Å². The monoisotopic (exact) mass is 459 g/mol. The molecule has 0 heterocycles. The van der Waals surface area contributed by atoms with E-state index in [2.05, 4.69) is 24.1 Å². The van der Waals surface area contributed by atoms with Gasteiger partial charge in [0.25, 0.3) is 0 Å². The molecule has 1 saturated carbocycles. The van der Waals surface area contributed by atoms with E-state index < -0.39 is 11.1 Å². The number of carbonyl (C=O) groups is 2.